The Hall–Kier alpha value is -3.01. The summed E-state index contributed by atoms with van der Waals surface area (Å²) in [4.78, 5) is 33.5. The Balaban J connectivity index is 1.28. The van der Waals surface area contributed by atoms with Crippen LogP contribution in [-0.2, 0) is 24.2 Å². The number of carbonyl (C=O) groups excluding carboxylic acids is 1. The van der Waals surface area contributed by atoms with Gasteiger partial charge in [-0.1, -0.05) is 35.5 Å². The van der Waals surface area contributed by atoms with Gasteiger partial charge in [0, 0.05) is 16.4 Å². The van der Waals surface area contributed by atoms with Crippen molar-refractivity contribution < 1.29 is 14.3 Å². The molecule has 0 radical (unpaired) electrons. The maximum Gasteiger partial charge on any atom is 0.267 e. The average Bonchev–Trinajstić information content (AvgIpc) is 3.52. The van der Waals surface area contributed by atoms with Crippen molar-refractivity contribution in [2.75, 3.05) is 12.5 Å². The average molecular weight is 554 g/mol. The number of hydrogen-bond acceptors (Lipinski definition) is 7. The van der Waals surface area contributed by atoms with Crippen molar-refractivity contribution in [1.82, 2.24) is 14.9 Å². The number of thiophene rings is 1. The molecule has 1 aliphatic heterocycles. The molecule has 0 unspecified atom stereocenters. The van der Waals surface area contributed by atoms with Crippen LogP contribution in [0.3, 0.4) is 0 Å². The topological polar surface area (TPSA) is 82.5 Å². The van der Waals surface area contributed by atoms with Crippen molar-refractivity contribution in [1.29, 1.82) is 0 Å². The number of benzene rings is 2. The lowest BCUT2D eigenvalue weighted by molar-refractivity contribution is -0.118. The van der Waals surface area contributed by atoms with E-state index < -0.39 is 0 Å². The summed E-state index contributed by atoms with van der Waals surface area (Å²) in [6.07, 6.45) is 4.09. The fourth-order valence-electron chi connectivity index (χ4n) is 4.66. The highest BCUT2D eigenvalue weighted by molar-refractivity contribution is 7.99. The van der Waals surface area contributed by atoms with Crippen LogP contribution in [0.25, 0.3) is 15.9 Å². The van der Waals surface area contributed by atoms with E-state index in [1.54, 1.807) is 22.0 Å². The summed E-state index contributed by atoms with van der Waals surface area (Å²) in [5, 5.41) is 4.70. The fraction of sp³-hybridized carbons (Fsp3) is 0.296. The van der Waals surface area contributed by atoms with Gasteiger partial charge < -0.3 is 14.8 Å². The van der Waals surface area contributed by atoms with E-state index in [0.717, 1.165) is 47.2 Å². The highest BCUT2D eigenvalue weighted by Gasteiger charge is 2.23. The van der Waals surface area contributed by atoms with Crippen molar-refractivity contribution in [2.24, 2.45) is 0 Å². The predicted molar refractivity (Wildman–Crippen MR) is 147 cm³/mol. The van der Waals surface area contributed by atoms with Crippen molar-refractivity contribution >= 4 is 50.8 Å². The van der Waals surface area contributed by atoms with Crippen LogP contribution in [0.2, 0.25) is 5.02 Å². The normalized spacial score (nSPS) is 14.1. The number of ether oxygens (including phenoxy) is 2. The lowest BCUT2D eigenvalue weighted by atomic mass is 9.97. The van der Waals surface area contributed by atoms with Gasteiger partial charge in [-0.15, -0.1) is 11.3 Å². The molecule has 2 aliphatic rings. The van der Waals surface area contributed by atoms with Crippen molar-refractivity contribution in [3.8, 4) is 17.2 Å². The lowest BCUT2D eigenvalue weighted by Gasteiger charge is -2.14. The SMILES string of the molecule is Cc1ccc(-n2c(SCC(=O)NCc3ccc4c(c3)OCO4)nc3sc4c(c3c2=O)CCCC4)cc1Cl. The fourth-order valence-corrected chi connectivity index (χ4v) is 6.98. The Bertz CT molecular complexity index is 1600. The minimum Gasteiger partial charge on any atom is -0.454 e. The standard InChI is InChI=1S/C27H24ClN3O4S2/c1-15-6-8-17(11-19(15)28)31-26(33)24-18-4-2-3-5-22(18)37-25(24)30-27(31)36-13-23(32)29-12-16-7-9-20-21(10-16)35-14-34-20/h6-11H,2-5,12-14H2,1H3,(H,29,32). The van der Waals surface area contributed by atoms with Gasteiger partial charge >= 0.3 is 0 Å². The first-order valence-corrected chi connectivity index (χ1v) is 14.3. The molecule has 0 atom stereocenters. The molecule has 1 N–H and O–H groups in total. The Morgan fingerprint density at radius 1 is 1.16 bits per heavy atom. The van der Waals surface area contributed by atoms with Gasteiger partial charge in [0.15, 0.2) is 16.7 Å². The molecule has 3 heterocycles. The molecule has 190 valence electrons. The summed E-state index contributed by atoms with van der Waals surface area (Å²) in [6.45, 7) is 2.49. The van der Waals surface area contributed by atoms with Gasteiger partial charge in [-0.05, 0) is 73.6 Å². The molecule has 2 aromatic carbocycles. The third kappa shape index (κ3) is 4.71. The number of thioether (sulfide) groups is 1. The molecule has 1 aliphatic carbocycles. The number of rotatable bonds is 6. The van der Waals surface area contributed by atoms with Crippen molar-refractivity contribution in [3.63, 3.8) is 0 Å². The number of halogens is 1. The summed E-state index contributed by atoms with van der Waals surface area (Å²) < 4.78 is 12.4. The molecule has 37 heavy (non-hydrogen) atoms. The number of aryl methyl sites for hydroxylation is 3. The number of fused-ring (bicyclic) bond motifs is 4. The van der Waals surface area contributed by atoms with Gasteiger partial charge in [-0.25, -0.2) is 4.98 Å². The first-order chi connectivity index (χ1) is 18.0. The minimum atomic E-state index is -0.157. The van der Waals surface area contributed by atoms with E-state index in [1.807, 2.05) is 37.3 Å². The van der Waals surface area contributed by atoms with Crippen LogP contribution in [0.15, 0.2) is 46.3 Å². The van der Waals surface area contributed by atoms with Crippen LogP contribution in [0, 0.1) is 6.92 Å². The molecular formula is C27H24ClN3O4S2. The molecule has 10 heteroatoms. The number of amides is 1. The third-order valence-corrected chi connectivity index (χ3v) is 9.16. The Morgan fingerprint density at radius 3 is 2.86 bits per heavy atom. The van der Waals surface area contributed by atoms with Crippen molar-refractivity contribution in [3.05, 3.63) is 73.3 Å². The minimum absolute atomic E-state index is 0.104. The maximum atomic E-state index is 13.9. The van der Waals surface area contributed by atoms with Gasteiger partial charge in [0.25, 0.3) is 5.56 Å². The lowest BCUT2D eigenvalue weighted by Crippen LogP contribution is -2.26. The van der Waals surface area contributed by atoms with E-state index in [1.165, 1.54) is 16.6 Å². The Labute approximate surface area is 226 Å². The van der Waals surface area contributed by atoms with Gasteiger partial charge in [-0.2, -0.15) is 0 Å². The van der Waals surface area contributed by atoms with Gasteiger partial charge in [0.2, 0.25) is 12.7 Å². The van der Waals surface area contributed by atoms with Gasteiger partial charge in [0.1, 0.15) is 4.83 Å². The summed E-state index contributed by atoms with van der Waals surface area (Å²) >= 11 is 9.27. The molecule has 4 aromatic rings. The van der Waals surface area contributed by atoms with Crippen molar-refractivity contribution in [2.45, 2.75) is 44.3 Å². The second-order valence-electron chi connectivity index (χ2n) is 9.11. The zero-order chi connectivity index (χ0) is 25.5. The zero-order valence-corrected chi connectivity index (χ0v) is 22.5. The Morgan fingerprint density at radius 2 is 2.00 bits per heavy atom. The van der Waals surface area contributed by atoms with Crippen LogP contribution < -0.4 is 20.3 Å². The van der Waals surface area contributed by atoms with E-state index >= 15 is 0 Å². The summed E-state index contributed by atoms with van der Waals surface area (Å²) in [6, 6.07) is 11.1. The predicted octanol–water partition coefficient (Wildman–Crippen LogP) is 5.43. The maximum absolute atomic E-state index is 13.9. The van der Waals surface area contributed by atoms with Crippen LogP contribution in [0.1, 0.15) is 34.4 Å². The highest BCUT2D eigenvalue weighted by atomic mass is 35.5. The number of nitrogens with one attached hydrogen (secondary N) is 1. The largest absolute Gasteiger partial charge is 0.454 e. The van der Waals surface area contributed by atoms with E-state index in [4.69, 9.17) is 26.1 Å². The first kappa shape index (κ1) is 24.3. The first-order valence-electron chi connectivity index (χ1n) is 12.1. The monoisotopic (exact) mass is 553 g/mol. The molecule has 6 rings (SSSR count). The molecule has 1 amide bonds. The second kappa shape index (κ2) is 10.0. The van der Waals surface area contributed by atoms with Crippen LogP contribution in [0.5, 0.6) is 11.5 Å². The van der Waals surface area contributed by atoms with Gasteiger partial charge in [-0.3, -0.25) is 14.2 Å². The smallest absolute Gasteiger partial charge is 0.267 e. The second-order valence-corrected chi connectivity index (χ2v) is 11.5. The number of nitrogens with zero attached hydrogens (tertiary/aromatic N) is 2. The van der Waals surface area contributed by atoms with Crippen LogP contribution in [-0.4, -0.2) is 28.0 Å². The van der Waals surface area contributed by atoms with Crippen LogP contribution in [0.4, 0.5) is 0 Å². The molecule has 2 aromatic heterocycles. The molecule has 0 bridgehead atoms. The van der Waals surface area contributed by atoms with E-state index in [2.05, 4.69) is 5.32 Å². The molecule has 7 nitrogen and oxygen atoms in total. The van der Waals surface area contributed by atoms with E-state index in [0.29, 0.717) is 39.3 Å². The molecular weight excluding hydrogens is 530 g/mol. The van der Waals surface area contributed by atoms with Crippen LogP contribution >= 0.6 is 34.7 Å². The zero-order valence-electron chi connectivity index (χ0n) is 20.1. The van der Waals surface area contributed by atoms with Gasteiger partial charge in [0.05, 0.1) is 16.8 Å². The van der Waals surface area contributed by atoms with E-state index in [-0.39, 0.29) is 24.0 Å². The highest BCUT2D eigenvalue weighted by Crippen LogP contribution is 2.36. The van der Waals surface area contributed by atoms with E-state index in [9.17, 15) is 9.59 Å². The molecule has 0 spiro atoms. The number of hydrogen-bond donors (Lipinski definition) is 1. The molecule has 0 fully saturated rings. The third-order valence-electron chi connectivity index (χ3n) is 6.63. The number of aromatic nitrogens is 2. The molecule has 0 saturated carbocycles. The number of carbonyl (C=O) groups is 1. The quantitative estimate of drug-likeness (QED) is 0.253. The summed E-state index contributed by atoms with van der Waals surface area (Å²) in [5.41, 5.74) is 3.52. The molecule has 0 saturated heterocycles. The summed E-state index contributed by atoms with van der Waals surface area (Å²) in [7, 11) is 0. The Kier molecular flexibility index (Phi) is 6.60. The summed E-state index contributed by atoms with van der Waals surface area (Å²) in [5.74, 6) is 1.35.